The van der Waals surface area contributed by atoms with Gasteiger partial charge in [0.2, 0.25) is 0 Å². The Bertz CT molecular complexity index is 937. The largest absolute Gasteiger partial charge is 0.497 e. The van der Waals surface area contributed by atoms with E-state index in [9.17, 15) is 9.90 Å². The highest BCUT2D eigenvalue weighted by Gasteiger charge is 2.16. The fourth-order valence-electron chi connectivity index (χ4n) is 2.90. The van der Waals surface area contributed by atoms with Crippen LogP contribution in [-0.2, 0) is 0 Å². The topological polar surface area (TPSA) is 79.8 Å². The number of amides is 2. The van der Waals surface area contributed by atoms with Gasteiger partial charge in [-0.05, 0) is 29.7 Å². The van der Waals surface area contributed by atoms with Crippen LogP contribution in [-0.4, -0.2) is 31.9 Å². The second-order valence-electron chi connectivity index (χ2n) is 5.99. The van der Waals surface area contributed by atoms with Crippen LogP contribution in [0.3, 0.4) is 0 Å². The summed E-state index contributed by atoms with van der Waals surface area (Å²) in [6.07, 6.45) is -0.937. The van der Waals surface area contributed by atoms with Gasteiger partial charge < -0.3 is 25.2 Å². The van der Waals surface area contributed by atoms with Crippen LogP contribution in [0.25, 0.3) is 10.8 Å². The number of aliphatic hydroxyl groups is 1. The van der Waals surface area contributed by atoms with Crippen molar-refractivity contribution in [1.29, 1.82) is 0 Å². The summed E-state index contributed by atoms with van der Waals surface area (Å²) in [5, 5.41) is 18.0. The van der Waals surface area contributed by atoms with E-state index in [4.69, 9.17) is 9.47 Å². The van der Waals surface area contributed by atoms with E-state index in [-0.39, 0.29) is 6.54 Å². The van der Waals surface area contributed by atoms with Crippen molar-refractivity contribution in [3.05, 3.63) is 66.2 Å². The van der Waals surface area contributed by atoms with Crippen LogP contribution in [0.1, 0.15) is 11.7 Å². The number of anilines is 1. The fourth-order valence-corrected chi connectivity index (χ4v) is 2.90. The molecule has 0 bridgehead atoms. The standard InChI is InChI=1S/C21H22N2O4/c1-26-15-10-11-20(27-2)17(12-15)19(24)13-22-21(25)23-18-9-5-7-14-6-3-4-8-16(14)18/h3-12,19,24H,13H2,1-2H3,(H2,22,23,25). The Balaban J connectivity index is 1.67. The molecular weight excluding hydrogens is 344 g/mol. The summed E-state index contributed by atoms with van der Waals surface area (Å²) in [4.78, 5) is 12.3. The quantitative estimate of drug-likeness (QED) is 0.621. The number of hydrogen-bond acceptors (Lipinski definition) is 4. The van der Waals surface area contributed by atoms with E-state index in [0.717, 1.165) is 10.8 Å². The molecule has 140 valence electrons. The first kappa shape index (κ1) is 18.5. The van der Waals surface area contributed by atoms with Gasteiger partial charge in [-0.1, -0.05) is 36.4 Å². The SMILES string of the molecule is COc1ccc(OC)c(C(O)CNC(=O)Nc2cccc3ccccc23)c1. The molecule has 0 aliphatic heterocycles. The molecule has 3 N–H and O–H groups in total. The van der Waals surface area contributed by atoms with Gasteiger partial charge in [-0.2, -0.15) is 0 Å². The monoisotopic (exact) mass is 366 g/mol. The van der Waals surface area contributed by atoms with Crippen molar-refractivity contribution in [1.82, 2.24) is 5.32 Å². The first-order valence-corrected chi connectivity index (χ1v) is 8.55. The molecular formula is C21H22N2O4. The van der Waals surface area contributed by atoms with Gasteiger partial charge in [0.25, 0.3) is 0 Å². The lowest BCUT2D eigenvalue weighted by Gasteiger charge is -2.17. The van der Waals surface area contributed by atoms with Crippen molar-refractivity contribution in [3.63, 3.8) is 0 Å². The highest BCUT2D eigenvalue weighted by atomic mass is 16.5. The number of benzene rings is 3. The zero-order valence-electron chi connectivity index (χ0n) is 15.2. The molecule has 6 heteroatoms. The Hall–Kier alpha value is -3.25. The smallest absolute Gasteiger partial charge is 0.319 e. The van der Waals surface area contributed by atoms with Crippen molar-refractivity contribution in [2.45, 2.75) is 6.10 Å². The molecule has 0 heterocycles. The Morgan fingerprint density at radius 2 is 1.81 bits per heavy atom. The minimum absolute atomic E-state index is 0.0279. The third-order valence-corrected chi connectivity index (χ3v) is 4.29. The van der Waals surface area contributed by atoms with Gasteiger partial charge >= 0.3 is 6.03 Å². The van der Waals surface area contributed by atoms with Gasteiger partial charge in [0.15, 0.2) is 0 Å². The average Bonchev–Trinajstić information content (AvgIpc) is 2.71. The highest BCUT2D eigenvalue weighted by Crippen LogP contribution is 2.29. The number of ether oxygens (including phenoxy) is 2. The molecule has 3 rings (SSSR count). The predicted molar refractivity (Wildman–Crippen MR) is 105 cm³/mol. The van der Waals surface area contributed by atoms with Crippen LogP contribution in [0.5, 0.6) is 11.5 Å². The molecule has 3 aromatic carbocycles. The first-order valence-electron chi connectivity index (χ1n) is 8.55. The van der Waals surface area contributed by atoms with Crippen LogP contribution in [0.2, 0.25) is 0 Å². The number of aliphatic hydroxyl groups excluding tert-OH is 1. The maximum absolute atomic E-state index is 12.3. The molecule has 0 saturated carbocycles. The van der Waals surface area contributed by atoms with Crippen LogP contribution in [0, 0.1) is 0 Å². The van der Waals surface area contributed by atoms with Crippen molar-refractivity contribution in [3.8, 4) is 11.5 Å². The Morgan fingerprint density at radius 3 is 2.59 bits per heavy atom. The Labute approximate surface area is 157 Å². The Morgan fingerprint density at radius 1 is 1.04 bits per heavy atom. The molecule has 3 aromatic rings. The van der Waals surface area contributed by atoms with E-state index in [1.54, 1.807) is 25.3 Å². The summed E-state index contributed by atoms with van der Waals surface area (Å²) in [5.41, 5.74) is 1.25. The second kappa shape index (κ2) is 8.42. The van der Waals surface area contributed by atoms with Gasteiger partial charge in [-0.15, -0.1) is 0 Å². The molecule has 1 atom stereocenters. The number of methoxy groups -OCH3 is 2. The van der Waals surface area contributed by atoms with Crippen LogP contribution in [0.15, 0.2) is 60.7 Å². The third kappa shape index (κ3) is 4.30. The van der Waals surface area contributed by atoms with Crippen molar-refractivity contribution < 1.29 is 19.4 Å². The van der Waals surface area contributed by atoms with E-state index in [0.29, 0.717) is 22.7 Å². The molecule has 1 unspecified atom stereocenters. The molecule has 6 nitrogen and oxygen atoms in total. The van der Waals surface area contributed by atoms with Gasteiger partial charge in [-0.25, -0.2) is 4.79 Å². The lowest BCUT2D eigenvalue weighted by Crippen LogP contribution is -2.32. The van der Waals surface area contributed by atoms with E-state index in [1.165, 1.54) is 7.11 Å². The number of carbonyl (C=O) groups excluding carboxylic acids is 1. The molecule has 0 aromatic heterocycles. The zero-order valence-corrected chi connectivity index (χ0v) is 15.2. The molecule has 0 radical (unpaired) electrons. The molecule has 0 spiro atoms. The summed E-state index contributed by atoms with van der Waals surface area (Å²) < 4.78 is 10.5. The molecule has 0 aliphatic rings. The number of fused-ring (bicyclic) bond motifs is 1. The number of rotatable bonds is 6. The normalized spacial score (nSPS) is 11.7. The lowest BCUT2D eigenvalue weighted by atomic mass is 10.1. The lowest BCUT2D eigenvalue weighted by molar-refractivity contribution is 0.170. The fraction of sp³-hybridized carbons (Fsp3) is 0.190. The van der Waals surface area contributed by atoms with Crippen molar-refractivity contribution >= 4 is 22.5 Å². The number of carbonyl (C=O) groups is 1. The maximum atomic E-state index is 12.3. The first-order chi connectivity index (χ1) is 13.1. The van der Waals surface area contributed by atoms with E-state index >= 15 is 0 Å². The van der Waals surface area contributed by atoms with Gasteiger partial charge in [0, 0.05) is 17.5 Å². The molecule has 0 aliphatic carbocycles. The van der Waals surface area contributed by atoms with Gasteiger partial charge in [-0.3, -0.25) is 0 Å². The summed E-state index contributed by atoms with van der Waals surface area (Å²) in [5.74, 6) is 1.13. The summed E-state index contributed by atoms with van der Waals surface area (Å²) in [6.45, 7) is 0.0279. The van der Waals surface area contributed by atoms with Crippen molar-refractivity contribution in [2.75, 3.05) is 26.1 Å². The average molecular weight is 366 g/mol. The Kier molecular flexibility index (Phi) is 5.78. The van der Waals surface area contributed by atoms with Crippen LogP contribution < -0.4 is 20.1 Å². The molecule has 2 amide bonds. The summed E-state index contributed by atoms with van der Waals surface area (Å²) in [7, 11) is 3.08. The minimum atomic E-state index is -0.937. The van der Waals surface area contributed by atoms with E-state index in [1.807, 2.05) is 42.5 Å². The van der Waals surface area contributed by atoms with Gasteiger partial charge in [0.05, 0.1) is 19.9 Å². The molecule has 27 heavy (non-hydrogen) atoms. The summed E-state index contributed by atoms with van der Waals surface area (Å²) >= 11 is 0. The second-order valence-corrected chi connectivity index (χ2v) is 5.99. The maximum Gasteiger partial charge on any atom is 0.319 e. The zero-order chi connectivity index (χ0) is 19.2. The number of nitrogens with one attached hydrogen (secondary N) is 2. The van der Waals surface area contributed by atoms with E-state index < -0.39 is 12.1 Å². The summed E-state index contributed by atoms with van der Waals surface area (Å²) in [6, 6.07) is 18.3. The van der Waals surface area contributed by atoms with Crippen LogP contribution >= 0.6 is 0 Å². The predicted octanol–water partition coefficient (Wildman–Crippen LogP) is 3.71. The van der Waals surface area contributed by atoms with Crippen molar-refractivity contribution in [2.24, 2.45) is 0 Å². The minimum Gasteiger partial charge on any atom is -0.497 e. The number of hydrogen-bond donors (Lipinski definition) is 3. The molecule has 0 fully saturated rings. The van der Waals surface area contributed by atoms with E-state index in [2.05, 4.69) is 10.6 Å². The van der Waals surface area contributed by atoms with Gasteiger partial charge in [0.1, 0.15) is 17.6 Å². The van der Waals surface area contributed by atoms with Crippen LogP contribution in [0.4, 0.5) is 10.5 Å². The third-order valence-electron chi connectivity index (χ3n) is 4.29. The highest BCUT2D eigenvalue weighted by molar-refractivity contribution is 6.01. The number of urea groups is 1. The molecule has 0 saturated heterocycles.